The van der Waals surface area contributed by atoms with Crippen molar-refractivity contribution in [2.24, 2.45) is 16.2 Å². The van der Waals surface area contributed by atoms with E-state index < -0.39 is 58.1 Å². The molecular weight excluding hydrogens is 456 g/mol. The molecule has 4 saturated heterocycles. The van der Waals surface area contributed by atoms with Gasteiger partial charge < -0.3 is 29.3 Å². The molecule has 1 saturated carbocycles. The first-order valence-corrected chi connectivity index (χ1v) is 12.1. The van der Waals surface area contributed by atoms with Crippen molar-refractivity contribution in [1.29, 1.82) is 0 Å². The van der Waals surface area contributed by atoms with Gasteiger partial charge in [0, 0.05) is 30.9 Å². The van der Waals surface area contributed by atoms with Gasteiger partial charge in [-0.3, -0.25) is 19.3 Å². The van der Waals surface area contributed by atoms with Crippen molar-refractivity contribution in [3.63, 3.8) is 0 Å². The van der Waals surface area contributed by atoms with Crippen LogP contribution in [0.4, 0.5) is 11.4 Å². The Kier molecular flexibility index (Phi) is 4.52. The number of hydrogen-bond acceptors (Lipinski definition) is 9. The Labute approximate surface area is 202 Å². The van der Waals surface area contributed by atoms with E-state index >= 15 is 0 Å². The molecule has 0 radical (unpaired) electrons. The first kappa shape index (κ1) is 22.8. The van der Waals surface area contributed by atoms with E-state index in [0.29, 0.717) is 18.9 Å². The van der Waals surface area contributed by atoms with Gasteiger partial charge in [-0.1, -0.05) is 20.8 Å². The summed E-state index contributed by atoms with van der Waals surface area (Å²) in [4.78, 5) is 43.0. The third kappa shape index (κ3) is 2.47. The molecule has 0 bridgehead atoms. The van der Waals surface area contributed by atoms with Crippen LogP contribution in [0.2, 0.25) is 0 Å². The fraction of sp³-hybridized carbons (Fsp3) is 0.640. The Morgan fingerprint density at radius 2 is 1.63 bits per heavy atom. The molecule has 0 aromatic heterocycles. The SMILES string of the molecule is CC(C)(C)[C@]1(O)C[C@@H]2OC(=O)C[C@@]23C(=O)O[C@@H]2N(c4ccc(N5CCOCC5)cc4)C(=O)[C@H](O)C213. The lowest BCUT2D eigenvalue weighted by molar-refractivity contribution is -0.204. The summed E-state index contributed by atoms with van der Waals surface area (Å²) < 4.78 is 16.7. The molecule has 2 N–H and O–H groups in total. The van der Waals surface area contributed by atoms with Crippen molar-refractivity contribution in [2.45, 2.75) is 57.6 Å². The molecule has 4 heterocycles. The van der Waals surface area contributed by atoms with Crippen LogP contribution < -0.4 is 9.80 Å². The standard InChI is InChI=1S/C25H30N2O8/c1-22(2,3)24(32)12-16-23(13-17(28)34-16)21(31)35-20-25(23,24)18(29)19(30)27(20)15-6-4-14(5-7-15)26-8-10-33-11-9-26/h4-7,16,18,20,29,32H,8-13H2,1-3H3/t16-,18-,20-,23-,24+,25?/m0/s1. The number of esters is 2. The van der Waals surface area contributed by atoms with Crippen LogP contribution >= 0.6 is 0 Å². The summed E-state index contributed by atoms with van der Waals surface area (Å²) in [6.07, 6.45) is -4.44. The number of aliphatic hydroxyl groups excluding tert-OH is 1. The first-order valence-electron chi connectivity index (χ1n) is 12.1. The van der Waals surface area contributed by atoms with E-state index in [1.54, 1.807) is 32.9 Å². The Balaban J connectivity index is 1.48. The van der Waals surface area contributed by atoms with E-state index in [9.17, 15) is 24.6 Å². The molecule has 1 amide bonds. The fourth-order valence-electron chi connectivity index (χ4n) is 7.31. The van der Waals surface area contributed by atoms with Gasteiger partial charge in [-0.15, -0.1) is 0 Å². The highest BCUT2D eigenvalue weighted by Gasteiger charge is 2.92. The van der Waals surface area contributed by atoms with Gasteiger partial charge >= 0.3 is 11.9 Å². The van der Waals surface area contributed by atoms with Crippen LogP contribution in [0.15, 0.2) is 24.3 Å². The van der Waals surface area contributed by atoms with Crippen LogP contribution in [0.1, 0.15) is 33.6 Å². The predicted molar refractivity (Wildman–Crippen MR) is 121 cm³/mol. The minimum atomic E-state index is -1.77. The molecule has 35 heavy (non-hydrogen) atoms. The van der Waals surface area contributed by atoms with E-state index in [1.165, 1.54) is 4.90 Å². The lowest BCUT2D eigenvalue weighted by Gasteiger charge is -2.51. The van der Waals surface area contributed by atoms with Crippen LogP contribution in [0.3, 0.4) is 0 Å². The largest absolute Gasteiger partial charge is 0.461 e. The number of benzene rings is 1. The van der Waals surface area contributed by atoms with Gasteiger partial charge in [-0.05, 0) is 29.7 Å². The number of nitrogens with zero attached hydrogens (tertiary/aromatic N) is 2. The van der Waals surface area contributed by atoms with Gasteiger partial charge in [0.05, 0.1) is 25.2 Å². The van der Waals surface area contributed by atoms with Crippen LogP contribution in [0.25, 0.3) is 0 Å². The van der Waals surface area contributed by atoms with Crippen molar-refractivity contribution in [3.05, 3.63) is 24.3 Å². The van der Waals surface area contributed by atoms with Crippen molar-refractivity contribution < 1.29 is 38.8 Å². The third-order valence-corrected chi connectivity index (χ3v) is 9.00. The summed E-state index contributed by atoms with van der Waals surface area (Å²) in [6, 6.07) is 7.22. The fourth-order valence-corrected chi connectivity index (χ4v) is 7.31. The highest BCUT2D eigenvalue weighted by atomic mass is 16.6. The molecule has 5 aliphatic rings. The zero-order valence-corrected chi connectivity index (χ0v) is 20.0. The van der Waals surface area contributed by atoms with Gasteiger partial charge in [0.2, 0.25) is 0 Å². The average molecular weight is 487 g/mol. The first-order chi connectivity index (χ1) is 16.5. The number of hydrogen-bond donors (Lipinski definition) is 2. The Morgan fingerprint density at radius 1 is 1.00 bits per heavy atom. The van der Waals surface area contributed by atoms with Gasteiger partial charge in [0.15, 0.2) is 6.23 Å². The average Bonchev–Trinajstić information content (AvgIpc) is 3.42. The maximum Gasteiger partial charge on any atom is 0.319 e. The number of morpholine rings is 1. The van der Waals surface area contributed by atoms with Crippen LogP contribution in [-0.2, 0) is 28.6 Å². The Morgan fingerprint density at radius 3 is 2.26 bits per heavy atom. The Bertz CT molecular complexity index is 1110. The molecule has 2 spiro atoms. The molecule has 6 atom stereocenters. The molecule has 4 aliphatic heterocycles. The summed E-state index contributed by atoms with van der Waals surface area (Å²) in [6.45, 7) is 8.13. The zero-order chi connectivity index (χ0) is 25.0. The van der Waals surface area contributed by atoms with E-state index in [-0.39, 0.29) is 12.8 Å². The maximum atomic E-state index is 13.7. The number of carbonyl (C=O) groups is 3. The van der Waals surface area contributed by atoms with E-state index in [1.807, 2.05) is 12.1 Å². The number of amides is 1. The highest BCUT2D eigenvalue weighted by molar-refractivity contribution is 6.05. The minimum absolute atomic E-state index is 0.0675. The predicted octanol–water partition coefficient (Wildman–Crippen LogP) is 0.583. The monoisotopic (exact) mass is 486 g/mol. The molecule has 1 aromatic rings. The van der Waals surface area contributed by atoms with Gasteiger partial charge in [0.25, 0.3) is 5.91 Å². The molecule has 1 aliphatic carbocycles. The van der Waals surface area contributed by atoms with Gasteiger partial charge in [0.1, 0.15) is 23.0 Å². The number of rotatable bonds is 2. The van der Waals surface area contributed by atoms with Crippen molar-refractivity contribution in [3.8, 4) is 0 Å². The van der Waals surface area contributed by atoms with Gasteiger partial charge in [-0.25, -0.2) is 0 Å². The molecule has 1 unspecified atom stereocenters. The van der Waals surface area contributed by atoms with Crippen LogP contribution in [0.5, 0.6) is 0 Å². The van der Waals surface area contributed by atoms with E-state index in [0.717, 1.165) is 18.8 Å². The number of aliphatic hydroxyl groups is 2. The molecule has 1 aromatic carbocycles. The summed E-state index contributed by atoms with van der Waals surface area (Å²) >= 11 is 0. The van der Waals surface area contributed by atoms with Crippen molar-refractivity contribution >= 4 is 29.2 Å². The minimum Gasteiger partial charge on any atom is -0.461 e. The molecular formula is C25H30N2O8. The molecule has 6 rings (SSSR count). The molecule has 10 nitrogen and oxygen atoms in total. The zero-order valence-electron chi connectivity index (χ0n) is 20.0. The summed E-state index contributed by atoms with van der Waals surface area (Å²) in [7, 11) is 0. The highest BCUT2D eigenvalue weighted by Crippen LogP contribution is 2.76. The quantitative estimate of drug-likeness (QED) is 0.578. The smallest absolute Gasteiger partial charge is 0.319 e. The van der Waals surface area contributed by atoms with E-state index in [4.69, 9.17) is 14.2 Å². The van der Waals surface area contributed by atoms with E-state index in [2.05, 4.69) is 4.90 Å². The molecule has 188 valence electrons. The normalized spacial score (nSPS) is 40.5. The van der Waals surface area contributed by atoms with Crippen molar-refractivity contribution in [2.75, 3.05) is 36.1 Å². The molecule has 10 heteroatoms. The summed E-state index contributed by atoms with van der Waals surface area (Å²) in [5.74, 6) is -2.00. The number of anilines is 2. The van der Waals surface area contributed by atoms with Crippen LogP contribution in [0, 0.1) is 16.2 Å². The van der Waals surface area contributed by atoms with Crippen LogP contribution in [-0.4, -0.2) is 78.4 Å². The summed E-state index contributed by atoms with van der Waals surface area (Å²) in [5.41, 5.74) is -4.63. The lowest BCUT2D eigenvalue weighted by Crippen LogP contribution is -2.65. The lowest BCUT2D eigenvalue weighted by atomic mass is 9.52. The second kappa shape index (κ2) is 6.96. The number of carbonyl (C=O) groups excluding carboxylic acids is 3. The number of ether oxygens (including phenoxy) is 3. The van der Waals surface area contributed by atoms with Crippen molar-refractivity contribution in [1.82, 2.24) is 0 Å². The van der Waals surface area contributed by atoms with Gasteiger partial charge in [-0.2, -0.15) is 0 Å². The Hall–Kier alpha value is -2.69. The molecule has 5 fully saturated rings. The third-order valence-electron chi connectivity index (χ3n) is 9.00. The topological polar surface area (TPSA) is 126 Å². The summed E-state index contributed by atoms with van der Waals surface area (Å²) in [5, 5.41) is 23.8. The second-order valence-corrected chi connectivity index (χ2v) is 11.3. The second-order valence-electron chi connectivity index (χ2n) is 11.3. The maximum absolute atomic E-state index is 13.7.